The summed E-state index contributed by atoms with van der Waals surface area (Å²) in [6, 6.07) is 7.42. The number of nitrogens with zero attached hydrogens (tertiary/aromatic N) is 1. The number of carbonyl (C=O) groups excluding carboxylic acids is 1. The van der Waals surface area contributed by atoms with Gasteiger partial charge in [0.2, 0.25) is 5.91 Å². The second kappa shape index (κ2) is 5.36. The molecular weight excluding hydrogens is 192 g/mol. The number of hydrogen-bond donors (Lipinski definition) is 1. The lowest BCUT2D eigenvalue weighted by atomic mass is 10.2. The van der Waals surface area contributed by atoms with Crippen molar-refractivity contribution in [1.29, 1.82) is 0 Å². The summed E-state index contributed by atoms with van der Waals surface area (Å²) in [4.78, 5) is 12.7. The standard InChI is InChI=1S/C11H16N2O2/c1-13(2)11(14)8-15-7-9-4-3-5-10(12)6-9/h3-6H,7-8,12H2,1-2H3. The van der Waals surface area contributed by atoms with Crippen LogP contribution in [0.1, 0.15) is 5.56 Å². The zero-order valence-electron chi connectivity index (χ0n) is 9.06. The first-order chi connectivity index (χ1) is 7.09. The molecule has 0 bridgehead atoms. The molecule has 4 heteroatoms. The van der Waals surface area contributed by atoms with Crippen LogP contribution in [0.5, 0.6) is 0 Å². The summed E-state index contributed by atoms with van der Waals surface area (Å²) in [6.07, 6.45) is 0. The first kappa shape index (κ1) is 11.5. The summed E-state index contributed by atoms with van der Waals surface area (Å²) in [5, 5.41) is 0. The number of rotatable bonds is 4. The number of likely N-dealkylation sites (N-methyl/N-ethyl adjacent to an activating group) is 1. The Morgan fingerprint density at radius 2 is 2.20 bits per heavy atom. The molecule has 0 spiro atoms. The highest BCUT2D eigenvalue weighted by atomic mass is 16.5. The molecule has 0 atom stereocenters. The van der Waals surface area contributed by atoms with Crippen molar-refractivity contribution in [1.82, 2.24) is 4.90 Å². The lowest BCUT2D eigenvalue weighted by Crippen LogP contribution is -2.26. The molecule has 0 saturated heterocycles. The fourth-order valence-corrected chi connectivity index (χ4v) is 1.07. The third-order valence-electron chi connectivity index (χ3n) is 1.94. The van der Waals surface area contributed by atoms with Gasteiger partial charge >= 0.3 is 0 Å². The van der Waals surface area contributed by atoms with E-state index >= 15 is 0 Å². The van der Waals surface area contributed by atoms with E-state index in [1.54, 1.807) is 14.1 Å². The smallest absolute Gasteiger partial charge is 0.248 e. The third-order valence-corrected chi connectivity index (χ3v) is 1.94. The minimum absolute atomic E-state index is 0.0427. The summed E-state index contributed by atoms with van der Waals surface area (Å²) in [6.45, 7) is 0.506. The molecule has 1 amide bonds. The van der Waals surface area contributed by atoms with Gasteiger partial charge in [0.15, 0.2) is 0 Å². The Balaban J connectivity index is 2.35. The molecule has 0 aromatic heterocycles. The average molecular weight is 208 g/mol. The zero-order valence-corrected chi connectivity index (χ0v) is 9.06. The Bertz CT molecular complexity index is 337. The number of carbonyl (C=O) groups is 1. The maximum absolute atomic E-state index is 11.2. The number of nitrogens with two attached hydrogens (primary N) is 1. The van der Waals surface area contributed by atoms with Gasteiger partial charge in [-0.15, -0.1) is 0 Å². The summed E-state index contributed by atoms with van der Waals surface area (Å²) < 4.78 is 5.25. The van der Waals surface area contributed by atoms with Crippen LogP contribution in [0.4, 0.5) is 5.69 Å². The summed E-state index contributed by atoms with van der Waals surface area (Å²) >= 11 is 0. The molecule has 0 heterocycles. The SMILES string of the molecule is CN(C)C(=O)COCc1cccc(N)c1. The number of hydrogen-bond acceptors (Lipinski definition) is 3. The molecule has 0 unspecified atom stereocenters. The molecule has 0 fully saturated rings. The molecule has 0 aliphatic rings. The number of anilines is 1. The zero-order chi connectivity index (χ0) is 11.3. The molecule has 15 heavy (non-hydrogen) atoms. The van der Waals surface area contributed by atoms with Crippen LogP contribution in [-0.2, 0) is 16.1 Å². The Morgan fingerprint density at radius 1 is 1.47 bits per heavy atom. The van der Waals surface area contributed by atoms with Gasteiger partial charge in [-0.05, 0) is 17.7 Å². The van der Waals surface area contributed by atoms with E-state index in [9.17, 15) is 4.79 Å². The Hall–Kier alpha value is -1.55. The summed E-state index contributed by atoms with van der Waals surface area (Å²) in [5.41, 5.74) is 7.29. The van der Waals surface area contributed by atoms with E-state index in [-0.39, 0.29) is 12.5 Å². The maximum Gasteiger partial charge on any atom is 0.248 e. The highest BCUT2D eigenvalue weighted by Crippen LogP contribution is 2.07. The third kappa shape index (κ3) is 3.99. The molecule has 2 N–H and O–H groups in total. The van der Waals surface area contributed by atoms with Crippen molar-refractivity contribution < 1.29 is 9.53 Å². The van der Waals surface area contributed by atoms with Gasteiger partial charge in [-0.2, -0.15) is 0 Å². The second-order valence-electron chi connectivity index (χ2n) is 3.53. The summed E-state index contributed by atoms with van der Waals surface area (Å²) in [7, 11) is 3.40. The van der Waals surface area contributed by atoms with E-state index in [1.807, 2.05) is 24.3 Å². The van der Waals surface area contributed by atoms with E-state index in [2.05, 4.69) is 0 Å². The lowest BCUT2D eigenvalue weighted by Gasteiger charge is -2.10. The van der Waals surface area contributed by atoms with Gasteiger partial charge in [0.05, 0.1) is 6.61 Å². The van der Waals surface area contributed by atoms with E-state index in [4.69, 9.17) is 10.5 Å². The minimum Gasteiger partial charge on any atom is -0.399 e. The number of benzene rings is 1. The van der Waals surface area contributed by atoms with E-state index in [1.165, 1.54) is 4.90 Å². The van der Waals surface area contributed by atoms with Gasteiger partial charge in [-0.25, -0.2) is 0 Å². The highest BCUT2D eigenvalue weighted by molar-refractivity contribution is 5.76. The van der Waals surface area contributed by atoms with Crippen molar-refractivity contribution in [3.63, 3.8) is 0 Å². The molecule has 0 aliphatic carbocycles. The highest BCUT2D eigenvalue weighted by Gasteiger charge is 2.03. The monoisotopic (exact) mass is 208 g/mol. The number of nitrogen functional groups attached to an aromatic ring is 1. The molecule has 0 radical (unpaired) electrons. The normalized spacial score (nSPS) is 10.0. The van der Waals surface area contributed by atoms with Crippen molar-refractivity contribution in [2.45, 2.75) is 6.61 Å². The molecule has 1 aromatic carbocycles. The Morgan fingerprint density at radius 3 is 2.80 bits per heavy atom. The average Bonchev–Trinajstić information content (AvgIpc) is 2.17. The maximum atomic E-state index is 11.2. The predicted octanol–water partition coefficient (Wildman–Crippen LogP) is 0.874. The Kier molecular flexibility index (Phi) is 4.12. The van der Waals surface area contributed by atoms with Crippen molar-refractivity contribution in [2.75, 3.05) is 26.4 Å². The van der Waals surface area contributed by atoms with Crippen LogP contribution in [0.15, 0.2) is 24.3 Å². The van der Waals surface area contributed by atoms with Crippen molar-refractivity contribution in [2.24, 2.45) is 0 Å². The number of ether oxygens (including phenoxy) is 1. The van der Waals surface area contributed by atoms with E-state index in [0.717, 1.165) is 5.56 Å². The molecule has 82 valence electrons. The largest absolute Gasteiger partial charge is 0.399 e. The van der Waals surface area contributed by atoms with Crippen LogP contribution in [0, 0.1) is 0 Å². The van der Waals surface area contributed by atoms with Crippen molar-refractivity contribution in [3.8, 4) is 0 Å². The van der Waals surface area contributed by atoms with E-state index in [0.29, 0.717) is 12.3 Å². The van der Waals surface area contributed by atoms with Gasteiger partial charge in [-0.3, -0.25) is 4.79 Å². The Labute approximate surface area is 89.6 Å². The minimum atomic E-state index is -0.0427. The van der Waals surface area contributed by atoms with Crippen LogP contribution in [-0.4, -0.2) is 31.5 Å². The molecule has 0 aliphatic heterocycles. The molecular formula is C11H16N2O2. The van der Waals surface area contributed by atoms with Gasteiger partial charge in [0.25, 0.3) is 0 Å². The van der Waals surface area contributed by atoms with Gasteiger partial charge in [0, 0.05) is 19.8 Å². The fraction of sp³-hybridized carbons (Fsp3) is 0.364. The first-order valence-electron chi connectivity index (χ1n) is 4.72. The van der Waals surface area contributed by atoms with Crippen LogP contribution in [0.25, 0.3) is 0 Å². The van der Waals surface area contributed by atoms with E-state index < -0.39 is 0 Å². The molecule has 4 nitrogen and oxygen atoms in total. The topological polar surface area (TPSA) is 55.6 Å². The quantitative estimate of drug-likeness (QED) is 0.747. The molecule has 1 rings (SSSR count). The second-order valence-corrected chi connectivity index (χ2v) is 3.53. The first-order valence-corrected chi connectivity index (χ1v) is 4.72. The van der Waals surface area contributed by atoms with Gasteiger partial charge in [0.1, 0.15) is 6.61 Å². The van der Waals surface area contributed by atoms with Crippen molar-refractivity contribution >= 4 is 11.6 Å². The van der Waals surface area contributed by atoms with Crippen LogP contribution in [0.2, 0.25) is 0 Å². The van der Waals surface area contributed by atoms with Gasteiger partial charge < -0.3 is 15.4 Å². The predicted molar refractivity (Wildman–Crippen MR) is 59.2 cm³/mol. The van der Waals surface area contributed by atoms with Crippen LogP contribution >= 0.6 is 0 Å². The van der Waals surface area contributed by atoms with Crippen molar-refractivity contribution in [3.05, 3.63) is 29.8 Å². The fourth-order valence-electron chi connectivity index (χ4n) is 1.07. The van der Waals surface area contributed by atoms with Crippen LogP contribution < -0.4 is 5.73 Å². The number of amides is 1. The molecule has 1 aromatic rings. The van der Waals surface area contributed by atoms with Crippen LogP contribution in [0.3, 0.4) is 0 Å². The molecule has 0 saturated carbocycles. The van der Waals surface area contributed by atoms with Gasteiger partial charge in [-0.1, -0.05) is 12.1 Å². The lowest BCUT2D eigenvalue weighted by molar-refractivity contribution is -0.133. The summed E-state index contributed by atoms with van der Waals surface area (Å²) in [5.74, 6) is -0.0427.